The number of sulfonamides is 1. The van der Waals surface area contributed by atoms with Crippen LogP contribution in [0.5, 0.6) is 5.75 Å². The predicted molar refractivity (Wildman–Crippen MR) is 126 cm³/mol. The number of hydrogen-bond donors (Lipinski definition) is 2. The van der Waals surface area contributed by atoms with Gasteiger partial charge < -0.3 is 10.1 Å². The van der Waals surface area contributed by atoms with E-state index in [9.17, 15) is 8.42 Å². The van der Waals surface area contributed by atoms with Crippen molar-refractivity contribution in [1.82, 2.24) is 5.32 Å². The molecule has 1 fully saturated rings. The molecule has 0 radical (unpaired) electrons. The van der Waals surface area contributed by atoms with Crippen LogP contribution in [0.2, 0.25) is 5.02 Å². The van der Waals surface area contributed by atoms with Gasteiger partial charge in [0.15, 0.2) is 0 Å². The molecule has 5 nitrogen and oxygen atoms in total. The Hall–Kier alpha value is -1.12. The number of allylic oxidation sites excluding steroid dienone is 4. The van der Waals surface area contributed by atoms with Gasteiger partial charge in [-0.15, -0.1) is 23.4 Å². The van der Waals surface area contributed by atoms with E-state index in [0.717, 1.165) is 37.9 Å². The molecule has 2 heterocycles. The number of benzene rings is 1. The molecule has 0 saturated carbocycles. The Morgan fingerprint density at radius 2 is 2.17 bits per heavy atom. The molecule has 1 aromatic rings. The van der Waals surface area contributed by atoms with Crippen LogP contribution in [0.3, 0.4) is 0 Å². The molecule has 0 bridgehead atoms. The number of hydrogen-bond acceptors (Lipinski definition) is 5. The van der Waals surface area contributed by atoms with Crippen LogP contribution in [0.25, 0.3) is 0 Å². The molecule has 2 aliphatic heterocycles. The summed E-state index contributed by atoms with van der Waals surface area (Å²) in [6.07, 6.45) is 8.72. The zero-order valence-electron chi connectivity index (χ0n) is 16.5. The summed E-state index contributed by atoms with van der Waals surface area (Å²) in [6, 6.07) is 4.90. The molecule has 3 atom stereocenters. The third-order valence-electron chi connectivity index (χ3n) is 5.37. The quantitative estimate of drug-likeness (QED) is 0.550. The van der Waals surface area contributed by atoms with Crippen LogP contribution in [0, 0.1) is 0 Å². The normalized spacial score (nSPS) is 26.8. The van der Waals surface area contributed by atoms with Crippen molar-refractivity contribution in [3.63, 3.8) is 0 Å². The Labute approximate surface area is 192 Å². The number of nitrogens with one attached hydrogen (secondary N) is 2. The molecule has 0 aromatic heterocycles. The summed E-state index contributed by atoms with van der Waals surface area (Å²) < 4.78 is 34.9. The number of thioether (sulfide) groups is 1. The van der Waals surface area contributed by atoms with E-state index in [-0.39, 0.29) is 21.0 Å². The lowest BCUT2D eigenvalue weighted by atomic mass is 9.95. The van der Waals surface area contributed by atoms with Crippen LogP contribution in [0.1, 0.15) is 26.2 Å². The molecule has 0 spiro atoms. The minimum Gasteiger partial charge on any atom is -0.487 e. The molecule has 2 unspecified atom stereocenters. The molecule has 4 rings (SSSR count). The first kappa shape index (κ1) is 22.1. The minimum atomic E-state index is -3.76. The van der Waals surface area contributed by atoms with Gasteiger partial charge in [0.2, 0.25) is 0 Å². The van der Waals surface area contributed by atoms with Gasteiger partial charge in [-0.25, -0.2) is 8.42 Å². The van der Waals surface area contributed by atoms with Crippen LogP contribution in [0.15, 0.2) is 51.8 Å². The molecule has 9 heteroatoms. The van der Waals surface area contributed by atoms with Crippen LogP contribution < -0.4 is 14.8 Å². The lowest BCUT2D eigenvalue weighted by Gasteiger charge is -2.21. The average Bonchev–Trinajstić information content (AvgIpc) is 3.35. The summed E-state index contributed by atoms with van der Waals surface area (Å²) in [4.78, 5) is 0. The van der Waals surface area contributed by atoms with Gasteiger partial charge in [0.1, 0.15) is 16.1 Å². The number of halogens is 2. The third kappa shape index (κ3) is 4.86. The summed E-state index contributed by atoms with van der Waals surface area (Å²) in [5.74, 6) is 0.472. The van der Waals surface area contributed by atoms with Crippen molar-refractivity contribution in [1.29, 1.82) is 0 Å². The fourth-order valence-corrected chi connectivity index (χ4v) is 7.36. The van der Waals surface area contributed by atoms with Gasteiger partial charge in [0, 0.05) is 12.6 Å². The average molecular weight is 487 g/mol. The van der Waals surface area contributed by atoms with Crippen molar-refractivity contribution in [2.24, 2.45) is 0 Å². The zero-order valence-corrected chi connectivity index (χ0v) is 19.7. The van der Waals surface area contributed by atoms with Crippen molar-refractivity contribution >= 4 is 50.7 Å². The van der Waals surface area contributed by atoms with Gasteiger partial charge in [-0.1, -0.05) is 29.3 Å². The molecule has 30 heavy (non-hydrogen) atoms. The summed E-state index contributed by atoms with van der Waals surface area (Å²) in [5, 5.41) is 3.20. The molecular formula is C21H24Cl2N2O3S2. The third-order valence-corrected chi connectivity index (χ3v) is 9.49. The largest absolute Gasteiger partial charge is 0.487 e. The molecule has 1 saturated heterocycles. The van der Waals surface area contributed by atoms with Gasteiger partial charge >= 0.3 is 0 Å². The van der Waals surface area contributed by atoms with Crippen LogP contribution in [-0.2, 0) is 10.0 Å². The highest BCUT2D eigenvalue weighted by atomic mass is 35.5. The monoisotopic (exact) mass is 486 g/mol. The van der Waals surface area contributed by atoms with Crippen molar-refractivity contribution in [2.75, 3.05) is 17.8 Å². The molecule has 3 aliphatic rings. The Bertz CT molecular complexity index is 1020. The fourth-order valence-electron chi connectivity index (χ4n) is 3.74. The second-order valence-electron chi connectivity index (χ2n) is 7.63. The second kappa shape index (κ2) is 9.17. The number of anilines is 1. The lowest BCUT2D eigenvalue weighted by molar-refractivity contribution is 0.223. The number of rotatable bonds is 6. The van der Waals surface area contributed by atoms with Gasteiger partial charge in [-0.2, -0.15) is 0 Å². The predicted octanol–water partition coefficient (Wildman–Crippen LogP) is 5.05. The van der Waals surface area contributed by atoms with Crippen molar-refractivity contribution < 1.29 is 13.2 Å². The number of alkyl halides is 1. The van der Waals surface area contributed by atoms with Crippen LogP contribution >= 0.6 is 35.0 Å². The summed E-state index contributed by atoms with van der Waals surface area (Å²) in [7, 11) is -3.76. The summed E-state index contributed by atoms with van der Waals surface area (Å²) >= 11 is 14.1. The van der Waals surface area contributed by atoms with E-state index in [2.05, 4.69) is 29.1 Å². The molecule has 2 N–H and O–H groups in total. The van der Waals surface area contributed by atoms with Crippen molar-refractivity contribution in [3.8, 4) is 5.75 Å². The maximum Gasteiger partial charge on any atom is 0.267 e. The minimum absolute atomic E-state index is 0.0280. The Morgan fingerprint density at radius 3 is 2.90 bits per heavy atom. The molecule has 0 amide bonds. The molecule has 1 aliphatic carbocycles. The highest BCUT2D eigenvalue weighted by molar-refractivity contribution is 8.19. The number of ether oxygens (including phenoxy) is 1. The first-order chi connectivity index (χ1) is 14.3. The standard InChI is InChI=1S/C21H24Cl2N2O3S2/c1-13-4-2-3-5-16(13)21-18(23)11-20(29-21)30(26,27)25-14-6-7-17(22)19(10-14)28-15-8-9-24-12-15/h3,5-7,10-11,15,18,21,24-25H,2,4,8-9,12H2,1H3/t15-,18?,21?/m1/s1. The first-order valence-electron chi connectivity index (χ1n) is 9.92. The van der Waals surface area contributed by atoms with E-state index >= 15 is 0 Å². The van der Waals surface area contributed by atoms with Crippen molar-refractivity contribution in [3.05, 3.63) is 56.8 Å². The van der Waals surface area contributed by atoms with Crippen LogP contribution in [-0.4, -0.2) is 38.2 Å². The van der Waals surface area contributed by atoms with Gasteiger partial charge in [-0.05, 0) is 56.5 Å². The van der Waals surface area contributed by atoms with Gasteiger partial charge in [-0.3, -0.25) is 4.72 Å². The first-order valence-corrected chi connectivity index (χ1v) is 13.1. The van der Waals surface area contributed by atoms with E-state index < -0.39 is 10.0 Å². The maximum absolute atomic E-state index is 13.0. The Kier molecular flexibility index (Phi) is 6.75. The van der Waals surface area contributed by atoms with Crippen LogP contribution in [0.4, 0.5) is 5.69 Å². The van der Waals surface area contributed by atoms with Gasteiger partial charge in [0.25, 0.3) is 10.0 Å². The Morgan fingerprint density at radius 1 is 1.33 bits per heavy atom. The van der Waals surface area contributed by atoms with E-state index in [0.29, 0.717) is 16.5 Å². The SMILES string of the molecule is CC1=C(C2SC(S(=O)(=O)Nc3ccc(Cl)c(O[C@@H]4CCNC4)c3)=CC2Cl)C=CCC1. The van der Waals surface area contributed by atoms with E-state index in [1.165, 1.54) is 17.3 Å². The van der Waals surface area contributed by atoms with Crippen molar-refractivity contribution in [2.45, 2.75) is 42.9 Å². The summed E-state index contributed by atoms with van der Waals surface area (Å²) in [6.45, 7) is 3.73. The Balaban J connectivity index is 1.49. The smallest absolute Gasteiger partial charge is 0.267 e. The highest BCUT2D eigenvalue weighted by Crippen LogP contribution is 2.44. The zero-order chi connectivity index (χ0) is 21.3. The summed E-state index contributed by atoms with van der Waals surface area (Å²) in [5.41, 5.74) is 2.80. The fraction of sp³-hybridized carbons (Fsp3) is 0.429. The van der Waals surface area contributed by atoms with E-state index in [1.807, 2.05) is 0 Å². The van der Waals surface area contributed by atoms with Gasteiger partial charge in [0.05, 0.1) is 21.3 Å². The lowest BCUT2D eigenvalue weighted by Crippen LogP contribution is -2.20. The highest BCUT2D eigenvalue weighted by Gasteiger charge is 2.36. The van der Waals surface area contributed by atoms with E-state index in [4.69, 9.17) is 27.9 Å². The van der Waals surface area contributed by atoms with E-state index in [1.54, 1.807) is 24.3 Å². The topological polar surface area (TPSA) is 67.4 Å². The maximum atomic E-state index is 13.0. The molecule has 162 valence electrons. The second-order valence-corrected chi connectivity index (χ2v) is 11.6. The molecule has 1 aromatic carbocycles. The molecular weight excluding hydrogens is 463 g/mol.